The number of ether oxygens (including phenoxy) is 1. The predicted molar refractivity (Wildman–Crippen MR) is 124 cm³/mol. The van der Waals surface area contributed by atoms with Crippen LogP contribution < -0.4 is 15.5 Å². The van der Waals surface area contributed by atoms with Crippen molar-refractivity contribution in [2.45, 2.75) is 38.6 Å². The van der Waals surface area contributed by atoms with Gasteiger partial charge in [0.15, 0.2) is 5.96 Å². The van der Waals surface area contributed by atoms with E-state index in [1.807, 2.05) is 0 Å². The van der Waals surface area contributed by atoms with Gasteiger partial charge in [0.05, 0.1) is 13.2 Å². The molecule has 27 heavy (non-hydrogen) atoms. The number of benzene rings is 1. The average molecular weight is 484 g/mol. The molecule has 150 valence electrons. The monoisotopic (exact) mass is 484 g/mol. The van der Waals surface area contributed by atoms with E-state index in [0.29, 0.717) is 6.04 Å². The van der Waals surface area contributed by atoms with Gasteiger partial charge in [-0.3, -0.25) is 4.99 Å². The Kier molecular flexibility index (Phi) is 9.97. The Morgan fingerprint density at radius 2 is 2.00 bits per heavy atom. The minimum atomic E-state index is 0. The molecule has 6 heteroatoms. The zero-order valence-electron chi connectivity index (χ0n) is 16.3. The third kappa shape index (κ3) is 7.33. The van der Waals surface area contributed by atoms with E-state index in [-0.39, 0.29) is 24.0 Å². The first-order valence-corrected chi connectivity index (χ1v) is 9.95. The Hall–Kier alpha value is -1.28. The second kappa shape index (κ2) is 12.2. The minimum Gasteiger partial charge on any atom is -0.377 e. The maximum absolute atomic E-state index is 5.37. The molecule has 2 aliphatic rings. The first-order chi connectivity index (χ1) is 12.8. The summed E-state index contributed by atoms with van der Waals surface area (Å²) in [4.78, 5) is 7.25. The van der Waals surface area contributed by atoms with Crippen LogP contribution in [0.4, 0.5) is 5.69 Å². The summed E-state index contributed by atoms with van der Waals surface area (Å²) in [5.74, 6) is 0.957. The van der Waals surface area contributed by atoms with Crippen LogP contribution in [-0.2, 0) is 4.74 Å². The minimum absolute atomic E-state index is 0. The molecule has 0 spiro atoms. The van der Waals surface area contributed by atoms with Crippen LogP contribution in [-0.4, -0.2) is 51.4 Å². The number of anilines is 1. The number of hydrogen-bond donors (Lipinski definition) is 2. The van der Waals surface area contributed by atoms with Gasteiger partial charge < -0.3 is 20.3 Å². The van der Waals surface area contributed by atoms with Crippen LogP contribution in [0.2, 0.25) is 0 Å². The lowest BCUT2D eigenvalue weighted by Crippen LogP contribution is -2.48. The largest absolute Gasteiger partial charge is 0.377 e. The Bertz CT molecular complexity index is 597. The lowest BCUT2D eigenvalue weighted by molar-refractivity contribution is 0.153. The van der Waals surface area contributed by atoms with Crippen LogP contribution in [0.3, 0.4) is 0 Å². The van der Waals surface area contributed by atoms with Gasteiger partial charge in [-0.1, -0.05) is 29.8 Å². The second-order valence-corrected chi connectivity index (χ2v) is 6.94. The molecule has 1 saturated heterocycles. The summed E-state index contributed by atoms with van der Waals surface area (Å²) < 4.78 is 5.37. The Morgan fingerprint density at radius 1 is 1.22 bits per heavy atom. The standard InChI is InChI=1S/C21H32N4O.HI/c1-2-22-21(23-13-8-18-11-16-26-17-12-18)24-19-9-14-25(15-10-19)20-6-4-3-5-7-20;/h3-7,11,19H,2,8-10,12-17H2,1H3,(H2,22,23,24);1H. The van der Waals surface area contributed by atoms with Crippen molar-refractivity contribution in [2.24, 2.45) is 4.99 Å². The molecule has 3 rings (SSSR count). The summed E-state index contributed by atoms with van der Waals surface area (Å²) in [6, 6.07) is 11.2. The molecule has 0 atom stereocenters. The smallest absolute Gasteiger partial charge is 0.191 e. The van der Waals surface area contributed by atoms with E-state index in [0.717, 1.165) is 71.0 Å². The van der Waals surface area contributed by atoms with Crippen LogP contribution in [0.15, 0.2) is 47.0 Å². The third-order valence-corrected chi connectivity index (χ3v) is 5.06. The molecule has 1 aromatic carbocycles. The van der Waals surface area contributed by atoms with Gasteiger partial charge in [-0.2, -0.15) is 0 Å². The van der Waals surface area contributed by atoms with Crippen LogP contribution in [0.1, 0.15) is 32.6 Å². The molecule has 0 bridgehead atoms. The molecule has 0 aromatic heterocycles. The summed E-state index contributed by atoms with van der Waals surface area (Å²) in [6.07, 6.45) is 6.58. The van der Waals surface area contributed by atoms with Gasteiger partial charge in [0.2, 0.25) is 0 Å². The number of nitrogens with one attached hydrogen (secondary N) is 2. The van der Waals surface area contributed by atoms with E-state index < -0.39 is 0 Å². The van der Waals surface area contributed by atoms with Gasteiger partial charge in [0.25, 0.3) is 0 Å². The molecule has 0 saturated carbocycles. The highest BCUT2D eigenvalue weighted by Crippen LogP contribution is 2.19. The fraction of sp³-hybridized carbons (Fsp3) is 0.571. The van der Waals surface area contributed by atoms with Gasteiger partial charge in [-0.05, 0) is 44.7 Å². The molecular weight excluding hydrogens is 451 g/mol. The summed E-state index contributed by atoms with van der Waals surface area (Å²) in [5, 5.41) is 7.03. The van der Waals surface area contributed by atoms with Crippen LogP contribution >= 0.6 is 24.0 Å². The molecule has 1 aromatic rings. The zero-order valence-corrected chi connectivity index (χ0v) is 18.7. The maximum atomic E-state index is 5.37. The van der Waals surface area contributed by atoms with Crippen molar-refractivity contribution in [3.05, 3.63) is 42.0 Å². The SMILES string of the molecule is CCNC(=NCCC1=CCOCC1)NC1CCN(c2ccccc2)CC1.I. The highest BCUT2D eigenvalue weighted by atomic mass is 127. The molecule has 2 heterocycles. The van der Waals surface area contributed by atoms with Crippen molar-refractivity contribution in [3.63, 3.8) is 0 Å². The quantitative estimate of drug-likeness (QED) is 0.281. The van der Waals surface area contributed by atoms with Crippen molar-refractivity contribution in [1.29, 1.82) is 0 Å². The molecule has 2 aliphatic heterocycles. The van der Waals surface area contributed by atoms with E-state index in [1.165, 1.54) is 11.3 Å². The van der Waals surface area contributed by atoms with E-state index >= 15 is 0 Å². The molecule has 2 N–H and O–H groups in total. The van der Waals surface area contributed by atoms with E-state index in [4.69, 9.17) is 9.73 Å². The molecule has 0 unspecified atom stereocenters. The first-order valence-electron chi connectivity index (χ1n) is 9.95. The summed E-state index contributed by atoms with van der Waals surface area (Å²) in [7, 11) is 0. The van der Waals surface area contributed by atoms with Crippen molar-refractivity contribution in [3.8, 4) is 0 Å². The number of halogens is 1. The molecule has 0 aliphatic carbocycles. The van der Waals surface area contributed by atoms with Gasteiger partial charge in [0.1, 0.15) is 0 Å². The Balaban J connectivity index is 0.00000261. The predicted octanol–water partition coefficient (Wildman–Crippen LogP) is 3.57. The molecular formula is C21H33IN4O. The number of guanidine groups is 1. The van der Waals surface area contributed by atoms with Crippen molar-refractivity contribution < 1.29 is 4.74 Å². The molecule has 0 radical (unpaired) electrons. The molecule has 5 nitrogen and oxygen atoms in total. The Labute approximate surface area is 180 Å². The number of rotatable bonds is 6. The maximum Gasteiger partial charge on any atom is 0.191 e. The average Bonchev–Trinajstić information content (AvgIpc) is 2.70. The van der Waals surface area contributed by atoms with E-state index in [9.17, 15) is 0 Å². The lowest BCUT2D eigenvalue weighted by Gasteiger charge is -2.34. The van der Waals surface area contributed by atoms with Gasteiger partial charge in [-0.25, -0.2) is 0 Å². The van der Waals surface area contributed by atoms with Crippen LogP contribution in [0.5, 0.6) is 0 Å². The van der Waals surface area contributed by atoms with Crippen molar-refractivity contribution in [2.75, 3.05) is 44.3 Å². The number of hydrogen-bond acceptors (Lipinski definition) is 3. The second-order valence-electron chi connectivity index (χ2n) is 6.94. The van der Waals surface area contributed by atoms with Crippen LogP contribution in [0, 0.1) is 0 Å². The van der Waals surface area contributed by atoms with Gasteiger partial charge in [-0.15, -0.1) is 24.0 Å². The van der Waals surface area contributed by atoms with Gasteiger partial charge >= 0.3 is 0 Å². The topological polar surface area (TPSA) is 48.9 Å². The van der Waals surface area contributed by atoms with E-state index in [2.05, 4.69) is 58.9 Å². The normalized spacial score (nSPS) is 18.5. The third-order valence-electron chi connectivity index (χ3n) is 5.06. The molecule has 0 amide bonds. The summed E-state index contributed by atoms with van der Waals surface area (Å²) >= 11 is 0. The number of piperidine rings is 1. The van der Waals surface area contributed by atoms with E-state index in [1.54, 1.807) is 0 Å². The summed E-state index contributed by atoms with van der Waals surface area (Å²) in [5.41, 5.74) is 2.81. The zero-order chi connectivity index (χ0) is 18.0. The number of nitrogens with zero attached hydrogens (tertiary/aromatic N) is 2. The highest BCUT2D eigenvalue weighted by Gasteiger charge is 2.20. The Morgan fingerprint density at radius 3 is 2.67 bits per heavy atom. The van der Waals surface area contributed by atoms with Crippen molar-refractivity contribution in [1.82, 2.24) is 10.6 Å². The molecule has 1 fully saturated rings. The number of para-hydroxylation sites is 1. The highest BCUT2D eigenvalue weighted by molar-refractivity contribution is 14.0. The number of aliphatic imine (C=N–C) groups is 1. The van der Waals surface area contributed by atoms with Gasteiger partial charge in [0, 0.05) is 37.9 Å². The fourth-order valence-corrected chi connectivity index (χ4v) is 3.54. The lowest BCUT2D eigenvalue weighted by atomic mass is 10.0. The summed E-state index contributed by atoms with van der Waals surface area (Å²) in [6.45, 7) is 7.65. The van der Waals surface area contributed by atoms with Crippen molar-refractivity contribution >= 4 is 35.6 Å². The fourth-order valence-electron chi connectivity index (χ4n) is 3.54. The first kappa shape index (κ1) is 22.0. The van der Waals surface area contributed by atoms with Crippen LogP contribution in [0.25, 0.3) is 0 Å².